The summed E-state index contributed by atoms with van der Waals surface area (Å²) in [7, 11) is 0. The van der Waals surface area contributed by atoms with Gasteiger partial charge in [-0.15, -0.1) is 0 Å². The maximum Gasteiger partial charge on any atom is 0.129 e. The Hall–Kier alpha value is -0.650. The molecule has 0 spiro atoms. The lowest BCUT2D eigenvalue weighted by atomic mass is 9.91. The number of benzene rings is 1. The lowest BCUT2D eigenvalue weighted by Gasteiger charge is -2.26. The van der Waals surface area contributed by atoms with Gasteiger partial charge >= 0.3 is 0 Å². The summed E-state index contributed by atoms with van der Waals surface area (Å²) in [5.74, 6) is 7.60. The minimum absolute atomic E-state index is 0.0491. The summed E-state index contributed by atoms with van der Waals surface area (Å²) in [4.78, 5) is 0. The molecule has 5 heteroatoms. The summed E-state index contributed by atoms with van der Waals surface area (Å²) in [6, 6.07) is 3.78. The molecule has 19 heavy (non-hydrogen) atoms. The third-order valence-electron chi connectivity index (χ3n) is 3.68. The van der Waals surface area contributed by atoms with Gasteiger partial charge in [-0.3, -0.25) is 11.3 Å². The molecule has 0 aromatic heterocycles. The zero-order valence-electron chi connectivity index (χ0n) is 10.9. The Morgan fingerprint density at radius 3 is 2.68 bits per heavy atom. The van der Waals surface area contributed by atoms with Crippen LogP contribution >= 0.6 is 11.8 Å². The molecule has 1 aliphatic heterocycles. The van der Waals surface area contributed by atoms with Crippen molar-refractivity contribution in [2.45, 2.75) is 31.7 Å². The second kappa shape index (κ2) is 7.22. The highest BCUT2D eigenvalue weighted by molar-refractivity contribution is 7.99. The summed E-state index contributed by atoms with van der Waals surface area (Å²) in [5.41, 5.74) is 3.30. The van der Waals surface area contributed by atoms with Gasteiger partial charge in [0, 0.05) is 12.1 Å². The van der Waals surface area contributed by atoms with Crippen LogP contribution in [0.4, 0.5) is 8.78 Å². The first-order chi connectivity index (χ1) is 9.19. The molecule has 0 radical (unpaired) electrons. The fourth-order valence-electron chi connectivity index (χ4n) is 2.55. The molecule has 1 saturated heterocycles. The predicted octanol–water partition coefficient (Wildman–Crippen LogP) is 2.87. The van der Waals surface area contributed by atoms with Crippen LogP contribution in [-0.4, -0.2) is 17.5 Å². The third kappa shape index (κ3) is 4.44. The fourth-order valence-corrected chi connectivity index (χ4v) is 3.75. The van der Waals surface area contributed by atoms with Crippen molar-refractivity contribution < 1.29 is 8.78 Å². The Balaban J connectivity index is 1.94. The first-order valence-electron chi connectivity index (χ1n) is 6.67. The molecule has 2 rings (SSSR count). The van der Waals surface area contributed by atoms with E-state index >= 15 is 0 Å². The highest BCUT2D eigenvalue weighted by atomic mass is 32.2. The Kier molecular flexibility index (Phi) is 5.60. The number of nitrogens with one attached hydrogen (secondary N) is 1. The number of rotatable bonds is 5. The quantitative estimate of drug-likeness (QED) is 0.645. The van der Waals surface area contributed by atoms with Gasteiger partial charge in [-0.2, -0.15) is 11.8 Å². The summed E-state index contributed by atoms with van der Waals surface area (Å²) in [6.45, 7) is 0. The Morgan fingerprint density at radius 1 is 1.32 bits per heavy atom. The van der Waals surface area contributed by atoms with Crippen LogP contribution in [0.5, 0.6) is 0 Å². The summed E-state index contributed by atoms with van der Waals surface area (Å²) in [6.07, 6.45) is 3.86. The van der Waals surface area contributed by atoms with Crippen LogP contribution in [0.3, 0.4) is 0 Å². The topological polar surface area (TPSA) is 38.0 Å². The highest BCUT2D eigenvalue weighted by Crippen LogP contribution is 2.27. The largest absolute Gasteiger partial charge is 0.271 e. The van der Waals surface area contributed by atoms with Crippen LogP contribution in [0.15, 0.2) is 18.2 Å². The molecule has 1 aromatic carbocycles. The SMILES string of the molecule is NNC(Cc1ccc(F)cc1F)CC1CCSCC1. The standard InChI is InChI=1S/C14H20F2N2S/c15-12-2-1-11(14(16)9-12)8-13(18-17)7-10-3-5-19-6-4-10/h1-2,9-10,13,18H,3-8,17H2. The number of hydrazine groups is 1. The minimum Gasteiger partial charge on any atom is -0.271 e. The van der Waals surface area contributed by atoms with Crippen molar-refractivity contribution in [1.82, 2.24) is 5.43 Å². The van der Waals surface area contributed by atoms with Crippen molar-refractivity contribution in [3.63, 3.8) is 0 Å². The van der Waals surface area contributed by atoms with Crippen LogP contribution < -0.4 is 11.3 Å². The van der Waals surface area contributed by atoms with Crippen molar-refractivity contribution in [2.75, 3.05) is 11.5 Å². The number of hydrogen-bond acceptors (Lipinski definition) is 3. The van der Waals surface area contributed by atoms with E-state index < -0.39 is 11.6 Å². The normalized spacial score (nSPS) is 18.5. The molecule has 2 nitrogen and oxygen atoms in total. The molecule has 106 valence electrons. The average molecular weight is 286 g/mol. The molecule has 3 N–H and O–H groups in total. The van der Waals surface area contributed by atoms with Crippen molar-refractivity contribution in [1.29, 1.82) is 0 Å². The zero-order valence-corrected chi connectivity index (χ0v) is 11.7. The summed E-state index contributed by atoms with van der Waals surface area (Å²) < 4.78 is 26.5. The van der Waals surface area contributed by atoms with E-state index in [4.69, 9.17) is 5.84 Å². The Bertz CT molecular complexity index is 408. The summed E-state index contributed by atoms with van der Waals surface area (Å²) in [5, 5.41) is 0. The lowest BCUT2D eigenvalue weighted by molar-refractivity contribution is 0.363. The molecule has 1 fully saturated rings. The number of thioether (sulfide) groups is 1. The van der Waals surface area contributed by atoms with Crippen LogP contribution in [-0.2, 0) is 6.42 Å². The molecule has 1 aliphatic rings. The first kappa shape index (κ1) is 14.8. The number of halogens is 2. The smallest absolute Gasteiger partial charge is 0.129 e. The predicted molar refractivity (Wildman–Crippen MR) is 75.8 cm³/mol. The van der Waals surface area contributed by atoms with Gasteiger partial charge in [-0.1, -0.05) is 6.07 Å². The van der Waals surface area contributed by atoms with Gasteiger partial charge in [0.05, 0.1) is 0 Å². The molecule has 1 unspecified atom stereocenters. The maximum atomic E-state index is 13.6. The zero-order chi connectivity index (χ0) is 13.7. The first-order valence-corrected chi connectivity index (χ1v) is 7.82. The molecule has 0 bridgehead atoms. The van der Waals surface area contributed by atoms with Crippen molar-refractivity contribution in [2.24, 2.45) is 11.8 Å². The van der Waals surface area contributed by atoms with Gasteiger partial charge in [0.15, 0.2) is 0 Å². The second-order valence-corrected chi connectivity index (χ2v) is 6.32. The monoisotopic (exact) mass is 286 g/mol. The van der Waals surface area contributed by atoms with Gasteiger partial charge < -0.3 is 0 Å². The van der Waals surface area contributed by atoms with E-state index in [-0.39, 0.29) is 6.04 Å². The van der Waals surface area contributed by atoms with E-state index in [1.165, 1.54) is 36.5 Å². The van der Waals surface area contributed by atoms with E-state index in [2.05, 4.69) is 5.43 Å². The third-order valence-corrected chi connectivity index (χ3v) is 4.72. The lowest BCUT2D eigenvalue weighted by Crippen LogP contribution is -2.39. The van der Waals surface area contributed by atoms with E-state index in [1.807, 2.05) is 11.8 Å². The van der Waals surface area contributed by atoms with Crippen molar-refractivity contribution >= 4 is 11.8 Å². The van der Waals surface area contributed by atoms with E-state index in [9.17, 15) is 8.78 Å². The van der Waals surface area contributed by atoms with Crippen LogP contribution in [0.25, 0.3) is 0 Å². The van der Waals surface area contributed by atoms with Gasteiger partial charge in [-0.25, -0.2) is 8.78 Å². The number of nitrogens with two attached hydrogens (primary N) is 1. The maximum absolute atomic E-state index is 13.6. The van der Waals surface area contributed by atoms with E-state index in [0.717, 1.165) is 12.5 Å². The van der Waals surface area contributed by atoms with Crippen molar-refractivity contribution in [3.8, 4) is 0 Å². The Labute approximate surface area is 117 Å². The molecule has 0 amide bonds. The molecular weight excluding hydrogens is 266 g/mol. The average Bonchev–Trinajstić information content (AvgIpc) is 2.42. The Morgan fingerprint density at radius 2 is 2.05 bits per heavy atom. The molecule has 1 heterocycles. The van der Waals surface area contributed by atoms with E-state index in [0.29, 0.717) is 17.9 Å². The molecular formula is C14H20F2N2S. The number of hydrogen-bond donors (Lipinski definition) is 2. The highest BCUT2D eigenvalue weighted by Gasteiger charge is 2.19. The summed E-state index contributed by atoms with van der Waals surface area (Å²) >= 11 is 1.99. The fraction of sp³-hybridized carbons (Fsp3) is 0.571. The molecule has 0 aliphatic carbocycles. The van der Waals surface area contributed by atoms with E-state index in [1.54, 1.807) is 0 Å². The second-order valence-electron chi connectivity index (χ2n) is 5.09. The van der Waals surface area contributed by atoms with Crippen LogP contribution in [0, 0.1) is 17.6 Å². The van der Waals surface area contributed by atoms with Crippen molar-refractivity contribution in [3.05, 3.63) is 35.4 Å². The molecule has 1 aromatic rings. The van der Waals surface area contributed by atoms with Gasteiger partial charge in [0.1, 0.15) is 11.6 Å². The molecule has 0 saturated carbocycles. The van der Waals surface area contributed by atoms with Gasteiger partial charge in [0.25, 0.3) is 0 Å². The van der Waals surface area contributed by atoms with Gasteiger partial charge in [0.2, 0.25) is 0 Å². The van der Waals surface area contributed by atoms with Crippen LogP contribution in [0.2, 0.25) is 0 Å². The van der Waals surface area contributed by atoms with Gasteiger partial charge in [-0.05, 0) is 54.7 Å². The minimum atomic E-state index is -0.539. The molecule has 1 atom stereocenters. The van der Waals surface area contributed by atoms with Crippen LogP contribution in [0.1, 0.15) is 24.8 Å².